The number of hydrogen-bond donors (Lipinski definition) is 1. The van der Waals surface area contributed by atoms with Crippen molar-refractivity contribution in [3.8, 4) is 11.5 Å². The van der Waals surface area contributed by atoms with Crippen molar-refractivity contribution in [3.05, 3.63) is 52.0 Å². The number of amides is 1. The Morgan fingerprint density at radius 2 is 1.85 bits per heavy atom. The van der Waals surface area contributed by atoms with E-state index in [0.717, 1.165) is 0 Å². The Morgan fingerprint density at radius 1 is 1.11 bits per heavy atom. The molecule has 0 aromatic heterocycles. The molecule has 0 bridgehead atoms. The molecule has 1 N–H and O–H groups in total. The molecule has 2 aromatic carbocycles. The lowest BCUT2D eigenvalue weighted by Gasteiger charge is -2.19. The van der Waals surface area contributed by atoms with Gasteiger partial charge >= 0.3 is 5.97 Å². The molecule has 8 heteroatoms. The molecule has 142 valence electrons. The first-order valence-corrected chi connectivity index (χ1v) is 9.02. The number of ether oxygens (including phenoxy) is 3. The van der Waals surface area contributed by atoms with E-state index in [1.165, 1.54) is 6.92 Å². The van der Waals surface area contributed by atoms with Crippen LogP contribution in [0.25, 0.3) is 0 Å². The van der Waals surface area contributed by atoms with Gasteiger partial charge in [0.25, 0.3) is 5.91 Å². The van der Waals surface area contributed by atoms with Gasteiger partial charge in [-0.2, -0.15) is 0 Å². The second-order valence-corrected chi connectivity index (χ2v) is 6.74. The highest BCUT2D eigenvalue weighted by Crippen LogP contribution is 2.32. The molecule has 0 fully saturated rings. The summed E-state index contributed by atoms with van der Waals surface area (Å²) in [5.41, 5.74) is 1.10. The van der Waals surface area contributed by atoms with E-state index >= 15 is 0 Å². The number of carbonyl (C=O) groups excluding carboxylic acids is 2. The van der Waals surface area contributed by atoms with E-state index in [0.29, 0.717) is 46.0 Å². The summed E-state index contributed by atoms with van der Waals surface area (Å²) in [6.07, 6.45) is -1.03. The first kappa shape index (κ1) is 19.3. The lowest BCUT2D eigenvalue weighted by atomic mass is 10.1. The first-order valence-electron chi connectivity index (χ1n) is 8.26. The minimum Gasteiger partial charge on any atom is -0.486 e. The Balaban J connectivity index is 1.56. The van der Waals surface area contributed by atoms with E-state index < -0.39 is 18.0 Å². The zero-order valence-electron chi connectivity index (χ0n) is 14.5. The molecule has 6 nitrogen and oxygen atoms in total. The van der Waals surface area contributed by atoms with Crippen LogP contribution in [0.3, 0.4) is 0 Å². The number of nitrogens with one attached hydrogen (secondary N) is 1. The number of esters is 1. The number of hydrogen-bond acceptors (Lipinski definition) is 5. The van der Waals surface area contributed by atoms with E-state index in [9.17, 15) is 9.59 Å². The molecular weight excluding hydrogens is 393 g/mol. The number of rotatable bonds is 5. The number of fused-ring (bicyclic) bond motifs is 1. The minimum atomic E-state index is -0.975. The SMILES string of the molecule is C[C@@H](OC(=O)Cc1ccc(Cl)cc1Cl)C(=O)Nc1ccc2c(c1)OCCO2. The highest BCUT2D eigenvalue weighted by Gasteiger charge is 2.20. The van der Waals surface area contributed by atoms with Crippen molar-refractivity contribution >= 4 is 40.8 Å². The topological polar surface area (TPSA) is 73.9 Å². The Kier molecular flexibility index (Phi) is 6.08. The van der Waals surface area contributed by atoms with Crippen molar-refractivity contribution in [1.29, 1.82) is 0 Å². The smallest absolute Gasteiger partial charge is 0.311 e. The third-order valence-corrected chi connectivity index (χ3v) is 4.42. The maximum Gasteiger partial charge on any atom is 0.311 e. The summed E-state index contributed by atoms with van der Waals surface area (Å²) in [7, 11) is 0. The monoisotopic (exact) mass is 409 g/mol. The molecule has 1 atom stereocenters. The maximum absolute atomic E-state index is 12.3. The van der Waals surface area contributed by atoms with Crippen LogP contribution in [0.1, 0.15) is 12.5 Å². The van der Waals surface area contributed by atoms with Crippen molar-refractivity contribution in [3.63, 3.8) is 0 Å². The van der Waals surface area contributed by atoms with Gasteiger partial charge in [0.05, 0.1) is 6.42 Å². The molecule has 1 aliphatic heterocycles. The molecule has 0 saturated heterocycles. The van der Waals surface area contributed by atoms with Crippen LogP contribution >= 0.6 is 23.2 Å². The van der Waals surface area contributed by atoms with Crippen LogP contribution in [0.5, 0.6) is 11.5 Å². The Morgan fingerprint density at radius 3 is 2.59 bits per heavy atom. The molecule has 2 aromatic rings. The first-order chi connectivity index (χ1) is 12.9. The molecule has 0 aliphatic carbocycles. The van der Waals surface area contributed by atoms with Gasteiger partial charge in [-0.05, 0) is 36.8 Å². The molecule has 1 aliphatic rings. The lowest BCUT2D eigenvalue weighted by Crippen LogP contribution is -2.30. The Labute approximate surface area is 166 Å². The van der Waals surface area contributed by atoms with Gasteiger partial charge in [0.2, 0.25) is 0 Å². The van der Waals surface area contributed by atoms with Gasteiger partial charge in [0, 0.05) is 21.8 Å². The highest BCUT2D eigenvalue weighted by atomic mass is 35.5. The van der Waals surface area contributed by atoms with Crippen LogP contribution in [-0.2, 0) is 20.7 Å². The largest absolute Gasteiger partial charge is 0.486 e. The second-order valence-electron chi connectivity index (χ2n) is 5.89. The van der Waals surface area contributed by atoms with Crippen molar-refractivity contribution in [2.75, 3.05) is 18.5 Å². The van der Waals surface area contributed by atoms with Crippen molar-refractivity contribution in [2.45, 2.75) is 19.4 Å². The summed E-state index contributed by atoms with van der Waals surface area (Å²) in [6.45, 7) is 2.43. The maximum atomic E-state index is 12.3. The fraction of sp³-hybridized carbons (Fsp3) is 0.263. The molecule has 3 rings (SSSR count). The molecule has 1 heterocycles. The van der Waals surface area contributed by atoms with Crippen molar-refractivity contribution in [1.82, 2.24) is 0 Å². The summed E-state index contributed by atoms with van der Waals surface area (Å²) >= 11 is 11.9. The van der Waals surface area contributed by atoms with Crippen LogP contribution in [0.15, 0.2) is 36.4 Å². The van der Waals surface area contributed by atoms with E-state index in [-0.39, 0.29) is 6.42 Å². The third kappa shape index (κ3) is 5.05. The van der Waals surface area contributed by atoms with Gasteiger partial charge in [-0.3, -0.25) is 9.59 Å². The van der Waals surface area contributed by atoms with Gasteiger partial charge in [0.15, 0.2) is 17.6 Å². The van der Waals surface area contributed by atoms with E-state index in [1.807, 2.05) is 0 Å². The van der Waals surface area contributed by atoms with Crippen LogP contribution in [0, 0.1) is 0 Å². The summed E-state index contributed by atoms with van der Waals surface area (Å²) in [6, 6.07) is 9.88. The molecule has 1 amide bonds. The Bertz CT molecular complexity index is 871. The summed E-state index contributed by atoms with van der Waals surface area (Å²) < 4.78 is 16.1. The predicted molar refractivity (Wildman–Crippen MR) is 102 cm³/mol. The highest BCUT2D eigenvalue weighted by molar-refractivity contribution is 6.35. The molecule has 0 unspecified atom stereocenters. The quantitative estimate of drug-likeness (QED) is 0.758. The Hall–Kier alpha value is -2.44. The lowest BCUT2D eigenvalue weighted by molar-refractivity contribution is -0.152. The van der Waals surface area contributed by atoms with E-state index in [2.05, 4.69) is 5.32 Å². The molecule has 0 saturated carbocycles. The normalized spacial score (nSPS) is 13.6. The van der Waals surface area contributed by atoms with Crippen molar-refractivity contribution in [2.24, 2.45) is 0 Å². The average molecular weight is 410 g/mol. The van der Waals surface area contributed by atoms with E-state index in [1.54, 1.807) is 36.4 Å². The summed E-state index contributed by atoms with van der Waals surface area (Å²) in [5.74, 6) is 0.158. The number of carbonyl (C=O) groups is 2. The number of halogens is 2. The van der Waals surface area contributed by atoms with Crippen LogP contribution < -0.4 is 14.8 Å². The van der Waals surface area contributed by atoms with Crippen LogP contribution in [0.4, 0.5) is 5.69 Å². The third-order valence-electron chi connectivity index (χ3n) is 3.84. The summed E-state index contributed by atoms with van der Waals surface area (Å²) in [4.78, 5) is 24.4. The van der Waals surface area contributed by atoms with Gasteiger partial charge in [-0.25, -0.2) is 0 Å². The van der Waals surface area contributed by atoms with Gasteiger partial charge in [-0.1, -0.05) is 29.3 Å². The number of benzene rings is 2. The summed E-state index contributed by atoms with van der Waals surface area (Å²) in [5, 5.41) is 3.53. The zero-order valence-corrected chi connectivity index (χ0v) is 16.0. The number of anilines is 1. The fourth-order valence-electron chi connectivity index (χ4n) is 2.48. The van der Waals surface area contributed by atoms with Crippen LogP contribution in [-0.4, -0.2) is 31.2 Å². The molecule has 27 heavy (non-hydrogen) atoms. The van der Waals surface area contributed by atoms with E-state index in [4.69, 9.17) is 37.4 Å². The molecule has 0 radical (unpaired) electrons. The molecule has 0 spiro atoms. The fourth-order valence-corrected chi connectivity index (χ4v) is 2.95. The average Bonchev–Trinajstić information content (AvgIpc) is 2.64. The van der Waals surface area contributed by atoms with Crippen LogP contribution in [0.2, 0.25) is 10.0 Å². The van der Waals surface area contributed by atoms with Gasteiger partial charge in [-0.15, -0.1) is 0 Å². The molecular formula is C19H17Cl2NO5. The zero-order chi connectivity index (χ0) is 19.4. The standard InChI is InChI=1S/C19H17Cl2NO5/c1-11(27-18(23)8-12-2-3-13(20)9-15(12)21)19(24)22-14-4-5-16-17(10-14)26-7-6-25-16/h2-5,9-11H,6-8H2,1H3,(H,22,24)/t11-/m1/s1. The predicted octanol–water partition coefficient (Wildman–Crippen LogP) is 3.88. The van der Waals surface area contributed by atoms with Gasteiger partial charge < -0.3 is 19.5 Å². The minimum absolute atomic E-state index is 0.0579. The van der Waals surface area contributed by atoms with Crippen molar-refractivity contribution < 1.29 is 23.8 Å². The van der Waals surface area contributed by atoms with Gasteiger partial charge in [0.1, 0.15) is 13.2 Å². The second kappa shape index (κ2) is 8.50.